The van der Waals surface area contributed by atoms with Gasteiger partial charge in [0.05, 0.1) is 11.3 Å². The summed E-state index contributed by atoms with van der Waals surface area (Å²) in [5, 5.41) is 16.8. The van der Waals surface area contributed by atoms with Crippen LogP contribution in [0, 0.1) is 10.1 Å². The molecule has 0 atom stereocenters. The van der Waals surface area contributed by atoms with E-state index < -0.39 is 4.92 Å². The van der Waals surface area contributed by atoms with Crippen molar-refractivity contribution < 1.29 is 9.72 Å². The summed E-state index contributed by atoms with van der Waals surface area (Å²) in [5.74, 6) is 0.659. The van der Waals surface area contributed by atoms with Gasteiger partial charge < -0.3 is 15.6 Å². The third kappa shape index (κ3) is 2.69. The molecular formula is C13H13N5O3. The molecule has 0 radical (unpaired) electrons. The number of carbonyl (C=O) groups excluding carboxylic acids is 1. The molecule has 0 aliphatic carbocycles. The van der Waals surface area contributed by atoms with Crippen molar-refractivity contribution in [2.45, 2.75) is 12.8 Å². The summed E-state index contributed by atoms with van der Waals surface area (Å²) in [7, 11) is 0. The molecule has 21 heavy (non-hydrogen) atoms. The van der Waals surface area contributed by atoms with Crippen LogP contribution in [0.15, 0.2) is 24.5 Å². The average molecular weight is 287 g/mol. The molecule has 2 aromatic rings. The number of fused-ring (bicyclic) bond motifs is 1. The average Bonchev–Trinajstić information content (AvgIpc) is 3.05. The summed E-state index contributed by atoms with van der Waals surface area (Å²) in [5.41, 5.74) is 1.66. The monoisotopic (exact) mass is 287 g/mol. The molecule has 0 spiro atoms. The fraction of sp³-hybridized carbons (Fsp3) is 0.231. The van der Waals surface area contributed by atoms with Crippen LogP contribution in [0.1, 0.15) is 11.4 Å². The number of amides is 1. The predicted molar refractivity (Wildman–Crippen MR) is 76.2 cm³/mol. The molecule has 1 aliphatic heterocycles. The topological polar surface area (TPSA) is 113 Å². The van der Waals surface area contributed by atoms with Gasteiger partial charge >= 0.3 is 0 Å². The number of carbonyl (C=O) groups is 1. The third-order valence-electron chi connectivity index (χ3n) is 3.28. The molecule has 108 valence electrons. The van der Waals surface area contributed by atoms with Gasteiger partial charge in [0, 0.05) is 37.1 Å². The fourth-order valence-electron chi connectivity index (χ4n) is 2.30. The van der Waals surface area contributed by atoms with Crippen LogP contribution in [0.4, 0.5) is 17.1 Å². The number of benzene rings is 1. The highest BCUT2D eigenvalue weighted by Gasteiger charge is 2.24. The van der Waals surface area contributed by atoms with Crippen LogP contribution in [0.5, 0.6) is 0 Å². The molecule has 1 amide bonds. The Morgan fingerprint density at radius 1 is 1.43 bits per heavy atom. The number of nitrogens with zero attached hydrogens (tertiary/aromatic N) is 2. The molecule has 0 bridgehead atoms. The zero-order valence-corrected chi connectivity index (χ0v) is 11.0. The maximum absolute atomic E-state index is 11.3. The lowest BCUT2D eigenvalue weighted by Crippen LogP contribution is -2.08. The van der Waals surface area contributed by atoms with Crippen LogP contribution in [0.2, 0.25) is 0 Å². The molecule has 1 aromatic carbocycles. The zero-order chi connectivity index (χ0) is 14.8. The minimum Gasteiger partial charge on any atom is -0.379 e. The molecule has 1 aliphatic rings. The smallest absolute Gasteiger partial charge is 0.292 e. The summed E-state index contributed by atoms with van der Waals surface area (Å²) >= 11 is 0. The van der Waals surface area contributed by atoms with Gasteiger partial charge in [0.25, 0.3) is 5.69 Å². The van der Waals surface area contributed by atoms with Crippen molar-refractivity contribution >= 4 is 23.0 Å². The molecule has 0 saturated carbocycles. The van der Waals surface area contributed by atoms with Crippen molar-refractivity contribution in [2.24, 2.45) is 0 Å². The number of hydrogen-bond donors (Lipinski definition) is 3. The summed E-state index contributed by atoms with van der Waals surface area (Å²) < 4.78 is 0. The fourth-order valence-corrected chi connectivity index (χ4v) is 2.30. The number of imidazole rings is 1. The van der Waals surface area contributed by atoms with Crippen molar-refractivity contribution in [3.8, 4) is 0 Å². The minimum atomic E-state index is -0.446. The van der Waals surface area contributed by atoms with Gasteiger partial charge in [0.15, 0.2) is 0 Å². The van der Waals surface area contributed by atoms with Gasteiger partial charge in [-0.05, 0) is 11.6 Å². The van der Waals surface area contributed by atoms with Crippen LogP contribution in [-0.2, 0) is 17.6 Å². The van der Waals surface area contributed by atoms with Crippen molar-refractivity contribution in [1.82, 2.24) is 9.97 Å². The summed E-state index contributed by atoms with van der Waals surface area (Å²) in [4.78, 5) is 29.1. The molecule has 3 rings (SSSR count). The van der Waals surface area contributed by atoms with Gasteiger partial charge in [-0.1, -0.05) is 0 Å². The maximum Gasteiger partial charge on any atom is 0.292 e. The number of nitro groups is 1. The van der Waals surface area contributed by atoms with Crippen molar-refractivity contribution in [1.29, 1.82) is 0 Å². The van der Waals surface area contributed by atoms with Crippen LogP contribution >= 0.6 is 0 Å². The van der Waals surface area contributed by atoms with Crippen LogP contribution in [-0.4, -0.2) is 27.3 Å². The lowest BCUT2D eigenvalue weighted by atomic mass is 10.1. The number of aromatic nitrogens is 2. The summed E-state index contributed by atoms with van der Waals surface area (Å²) in [6.07, 6.45) is 4.18. The normalized spacial score (nSPS) is 12.9. The Hall–Kier alpha value is -2.90. The Morgan fingerprint density at radius 3 is 3.00 bits per heavy atom. The molecular weight excluding hydrogens is 274 g/mol. The highest BCUT2D eigenvalue weighted by Crippen LogP contribution is 2.34. The molecule has 8 nitrogen and oxygen atoms in total. The second-order valence-corrected chi connectivity index (χ2v) is 4.72. The highest BCUT2D eigenvalue weighted by molar-refractivity contribution is 6.00. The standard InChI is InChI=1S/C13H13N5O3/c19-13-6-8-5-11(18(20)21)10(7-9(8)17-13)14-2-1-12-15-3-4-16-12/h3-5,7,14H,1-2,6H2,(H,15,16)(H,17,19). The number of nitrogens with one attached hydrogen (secondary N) is 3. The van der Waals surface area contributed by atoms with Gasteiger partial charge in [-0.15, -0.1) is 0 Å². The van der Waals surface area contributed by atoms with E-state index in [9.17, 15) is 14.9 Å². The van der Waals surface area contributed by atoms with Crippen molar-refractivity contribution in [2.75, 3.05) is 17.2 Å². The summed E-state index contributed by atoms with van der Waals surface area (Å²) in [6, 6.07) is 3.06. The first-order valence-corrected chi connectivity index (χ1v) is 6.47. The van der Waals surface area contributed by atoms with Gasteiger partial charge in [-0.3, -0.25) is 14.9 Å². The molecule has 0 saturated heterocycles. The van der Waals surface area contributed by atoms with Crippen LogP contribution < -0.4 is 10.6 Å². The number of nitro benzene ring substituents is 1. The second kappa shape index (κ2) is 5.23. The first kappa shape index (κ1) is 13.1. The van der Waals surface area contributed by atoms with E-state index in [2.05, 4.69) is 20.6 Å². The Morgan fingerprint density at radius 2 is 2.29 bits per heavy atom. The Bertz CT molecular complexity index is 696. The number of rotatable bonds is 5. The number of anilines is 2. The first-order chi connectivity index (χ1) is 10.1. The largest absolute Gasteiger partial charge is 0.379 e. The molecule has 1 aromatic heterocycles. The van der Waals surface area contributed by atoms with Crippen molar-refractivity contribution in [3.63, 3.8) is 0 Å². The van der Waals surface area contributed by atoms with E-state index in [1.807, 2.05) is 0 Å². The van der Waals surface area contributed by atoms with E-state index in [-0.39, 0.29) is 18.0 Å². The van der Waals surface area contributed by atoms with E-state index >= 15 is 0 Å². The predicted octanol–water partition coefficient (Wildman–Crippen LogP) is 1.47. The van der Waals surface area contributed by atoms with Crippen LogP contribution in [0.3, 0.4) is 0 Å². The molecule has 0 unspecified atom stereocenters. The molecule has 2 heterocycles. The Kier molecular flexibility index (Phi) is 3.27. The molecule has 8 heteroatoms. The van der Waals surface area contributed by atoms with Gasteiger partial charge in [0.1, 0.15) is 11.5 Å². The van der Waals surface area contributed by atoms with Crippen LogP contribution in [0.25, 0.3) is 0 Å². The quantitative estimate of drug-likeness (QED) is 0.569. The van der Waals surface area contributed by atoms with E-state index in [1.54, 1.807) is 18.5 Å². The van der Waals surface area contributed by atoms with E-state index in [1.165, 1.54) is 6.07 Å². The SMILES string of the molecule is O=C1Cc2cc([N+](=O)[O-])c(NCCc3ncc[nH]3)cc2N1. The second-order valence-electron chi connectivity index (χ2n) is 4.72. The van der Waals surface area contributed by atoms with E-state index in [4.69, 9.17) is 0 Å². The van der Waals surface area contributed by atoms with Gasteiger partial charge in [0.2, 0.25) is 5.91 Å². The van der Waals surface area contributed by atoms with Gasteiger partial charge in [-0.2, -0.15) is 0 Å². The number of hydrogen-bond acceptors (Lipinski definition) is 5. The third-order valence-corrected chi connectivity index (χ3v) is 3.28. The summed E-state index contributed by atoms with van der Waals surface area (Å²) in [6.45, 7) is 0.501. The number of aromatic amines is 1. The minimum absolute atomic E-state index is 0.0234. The highest BCUT2D eigenvalue weighted by atomic mass is 16.6. The Labute approximate surface area is 119 Å². The zero-order valence-electron chi connectivity index (χ0n) is 11.0. The number of H-pyrrole nitrogens is 1. The lowest BCUT2D eigenvalue weighted by molar-refractivity contribution is -0.384. The maximum atomic E-state index is 11.3. The van der Waals surface area contributed by atoms with E-state index in [0.717, 1.165) is 5.82 Å². The van der Waals surface area contributed by atoms with E-state index in [0.29, 0.717) is 29.9 Å². The van der Waals surface area contributed by atoms with Gasteiger partial charge in [-0.25, -0.2) is 4.98 Å². The first-order valence-electron chi connectivity index (χ1n) is 6.47. The Balaban J connectivity index is 1.78. The molecule has 3 N–H and O–H groups in total. The molecule has 0 fully saturated rings. The lowest BCUT2D eigenvalue weighted by Gasteiger charge is -2.08. The van der Waals surface area contributed by atoms with Crippen molar-refractivity contribution in [3.05, 3.63) is 46.0 Å².